The van der Waals surface area contributed by atoms with E-state index in [1.165, 1.54) is 0 Å². The summed E-state index contributed by atoms with van der Waals surface area (Å²) in [6.07, 6.45) is 3.29. The Morgan fingerprint density at radius 1 is 0.939 bits per heavy atom. The summed E-state index contributed by atoms with van der Waals surface area (Å²) in [5.41, 5.74) is 1.79. The SMILES string of the molecule is COc1ccc(NC(=O)c2ccc(COC(=O)CN3C(=O)C4CCCCC4C3=O)cc2)cc1. The Hall–Kier alpha value is -3.68. The first-order valence-electron chi connectivity index (χ1n) is 11.0. The van der Waals surface area contributed by atoms with Crippen LogP contribution in [0.4, 0.5) is 5.69 Å². The highest BCUT2D eigenvalue weighted by molar-refractivity contribution is 6.07. The normalized spacial score (nSPS) is 19.7. The number of nitrogens with zero attached hydrogens (tertiary/aromatic N) is 1. The molecule has 1 aliphatic heterocycles. The monoisotopic (exact) mass is 450 g/mol. The first-order chi connectivity index (χ1) is 16.0. The standard InChI is InChI=1S/C25H26N2O6/c1-32-19-12-10-18(11-13-19)26-23(29)17-8-6-16(7-9-17)15-33-22(28)14-27-24(30)20-4-2-3-5-21(20)25(27)31/h6-13,20-21H,2-5,14-15H2,1H3,(H,26,29). The molecule has 0 radical (unpaired) electrons. The molecule has 2 aliphatic rings. The van der Waals surface area contributed by atoms with E-state index in [4.69, 9.17) is 9.47 Å². The number of nitrogens with one attached hydrogen (secondary N) is 1. The number of esters is 1. The quantitative estimate of drug-likeness (QED) is 0.514. The summed E-state index contributed by atoms with van der Waals surface area (Å²) in [4.78, 5) is 50.7. The molecule has 2 aromatic rings. The third-order valence-electron chi connectivity index (χ3n) is 6.18. The van der Waals surface area contributed by atoms with E-state index in [0.29, 0.717) is 35.4 Å². The molecule has 1 saturated heterocycles. The number of likely N-dealkylation sites (tertiary alicyclic amines) is 1. The van der Waals surface area contributed by atoms with Crippen molar-refractivity contribution in [3.63, 3.8) is 0 Å². The molecular formula is C25H26N2O6. The van der Waals surface area contributed by atoms with E-state index in [9.17, 15) is 19.2 Å². The molecule has 4 rings (SSSR count). The summed E-state index contributed by atoms with van der Waals surface area (Å²) in [6, 6.07) is 13.7. The van der Waals surface area contributed by atoms with Crippen molar-refractivity contribution in [2.24, 2.45) is 11.8 Å². The number of amides is 3. The van der Waals surface area contributed by atoms with E-state index in [2.05, 4.69) is 5.32 Å². The molecule has 1 heterocycles. The molecule has 33 heavy (non-hydrogen) atoms. The van der Waals surface area contributed by atoms with Gasteiger partial charge in [-0.25, -0.2) is 0 Å². The van der Waals surface area contributed by atoms with Gasteiger partial charge in [0.1, 0.15) is 18.9 Å². The van der Waals surface area contributed by atoms with Gasteiger partial charge in [-0.1, -0.05) is 25.0 Å². The van der Waals surface area contributed by atoms with Gasteiger partial charge >= 0.3 is 5.97 Å². The van der Waals surface area contributed by atoms with Crippen LogP contribution >= 0.6 is 0 Å². The summed E-state index contributed by atoms with van der Waals surface area (Å²) >= 11 is 0. The molecule has 1 aliphatic carbocycles. The van der Waals surface area contributed by atoms with Gasteiger partial charge in [0, 0.05) is 11.3 Å². The summed E-state index contributed by atoms with van der Waals surface area (Å²) < 4.78 is 10.4. The molecule has 3 amide bonds. The van der Waals surface area contributed by atoms with Crippen LogP contribution in [-0.2, 0) is 25.7 Å². The molecule has 0 bridgehead atoms. The van der Waals surface area contributed by atoms with Gasteiger partial charge in [0.2, 0.25) is 11.8 Å². The minimum Gasteiger partial charge on any atom is -0.497 e. The van der Waals surface area contributed by atoms with Gasteiger partial charge in [-0.3, -0.25) is 24.1 Å². The molecule has 0 spiro atoms. The van der Waals surface area contributed by atoms with Gasteiger partial charge in [-0.05, 0) is 54.8 Å². The van der Waals surface area contributed by atoms with Crippen molar-refractivity contribution in [3.05, 3.63) is 59.7 Å². The molecule has 8 nitrogen and oxygen atoms in total. The fourth-order valence-corrected chi connectivity index (χ4v) is 4.36. The molecule has 1 N–H and O–H groups in total. The van der Waals surface area contributed by atoms with Gasteiger partial charge in [-0.2, -0.15) is 0 Å². The lowest BCUT2D eigenvalue weighted by molar-refractivity contribution is -0.153. The van der Waals surface area contributed by atoms with Crippen molar-refractivity contribution in [3.8, 4) is 5.75 Å². The van der Waals surface area contributed by atoms with Crippen molar-refractivity contribution in [1.29, 1.82) is 0 Å². The van der Waals surface area contributed by atoms with Crippen molar-refractivity contribution in [2.45, 2.75) is 32.3 Å². The van der Waals surface area contributed by atoms with Crippen LogP contribution in [0.25, 0.3) is 0 Å². The molecule has 172 valence electrons. The third kappa shape index (κ3) is 5.05. The Bertz CT molecular complexity index is 1020. The smallest absolute Gasteiger partial charge is 0.326 e. The average Bonchev–Trinajstić information content (AvgIpc) is 3.08. The van der Waals surface area contributed by atoms with E-state index in [0.717, 1.165) is 17.7 Å². The number of ether oxygens (including phenoxy) is 2. The second-order valence-corrected chi connectivity index (χ2v) is 8.30. The highest BCUT2D eigenvalue weighted by atomic mass is 16.5. The number of carbonyl (C=O) groups excluding carboxylic acids is 4. The van der Waals surface area contributed by atoms with E-state index < -0.39 is 5.97 Å². The number of fused-ring (bicyclic) bond motifs is 1. The zero-order chi connectivity index (χ0) is 23.4. The minimum atomic E-state index is -0.628. The van der Waals surface area contributed by atoms with Gasteiger partial charge in [0.25, 0.3) is 5.91 Å². The predicted molar refractivity (Wildman–Crippen MR) is 119 cm³/mol. The Labute approximate surface area is 191 Å². The zero-order valence-electron chi connectivity index (χ0n) is 18.4. The Kier molecular flexibility index (Phi) is 6.72. The third-order valence-corrected chi connectivity index (χ3v) is 6.18. The van der Waals surface area contributed by atoms with Crippen LogP contribution in [-0.4, -0.2) is 42.2 Å². The number of benzene rings is 2. The van der Waals surface area contributed by atoms with E-state index in [-0.39, 0.29) is 42.7 Å². The summed E-state index contributed by atoms with van der Waals surface area (Å²) in [6.45, 7) is -0.366. The van der Waals surface area contributed by atoms with Crippen LogP contribution in [0.1, 0.15) is 41.6 Å². The van der Waals surface area contributed by atoms with Crippen molar-refractivity contribution < 1.29 is 28.7 Å². The van der Waals surface area contributed by atoms with E-state index in [1.54, 1.807) is 55.6 Å². The van der Waals surface area contributed by atoms with E-state index in [1.807, 2.05) is 0 Å². The maximum Gasteiger partial charge on any atom is 0.326 e. The topological polar surface area (TPSA) is 102 Å². The van der Waals surface area contributed by atoms with Crippen LogP contribution in [0.2, 0.25) is 0 Å². The number of imide groups is 1. The molecule has 1 saturated carbocycles. The lowest BCUT2D eigenvalue weighted by Gasteiger charge is -2.19. The number of anilines is 1. The van der Waals surface area contributed by atoms with Gasteiger partial charge in [-0.15, -0.1) is 0 Å². The predicted octanol–water partition coefficient (Wildman–Crippen LogP) is 3.17. The summed E-state index contributed by atoms with van der Waals surface area (Å²) in [5.74, 6) is -1.27. The maximum absolute atomic E-state index is 12.5. The van der Waals surface area contributed by atoms with Crippen molar-refractivity contribution in [2.75, 3.05) is 19.0 Å². The largest absolute Gasteiger partial charge is 0.497 e. The molecule has 2 fully saturated rings. The van der Waals surface area contributed by atoms with Gasteiger partial charge in [0.05, 0.1) is 18.9 Å². The first-order valence-corrected chi connectivity index (χ1v) is 11.0. The van der Waals surface area contributed by atoms with Crippen LogP contribution in [0.5, 0.6) is 5.75 Å². The lowest BCUT2D eigenvalue weighted by atomic mass is 9.81. The molecule has 2 unspecified atom stereocenters. The van der Waals surface area contributed by atoms with Crippen molar-refractivity contribution >= 4 is 29.4 Å². The Morgan fingerprint density at radius 3 is 2.12 bits per heavy atom. The number of carbonyl (C=O) groups is 4. The van der Waals surface area contributed by atoms with Gasteiger partial charge < -0.3 is 14.8 Å². The number of hydrogen-bond donors (Lipinski definition) is 1. The van der Waals surface area contributed by atoms with Crippen LogP contribution in [0.3, 0.4) is 0 Å². The second kappa shape index (κ2) is 9.85. The van der Waals surface area contributed by atoms with E-state index >= 15 is 0 Å². The summed E-state index contributed by atoms with van der Waals surface area (Å²) in [7, 11) is 1.57. The van der Waals surface area contributed by atoms with Gasteiger partial charge in [0.15, 0.2) is 0 Å². The fraction of sp³-hybridized carbons (Fsp3) is 0.360. The average molecular weight is 450 g/mol. The van der Waals surface area contributed by atoms with Crippen molar-refractivity contribution in [1.82, 2.24) is 4.90 Å². The Balaban J connectivity index is 1.27. The highest BCUT2D eigenvalue weighted by Gasteiger charge is 2.48. The number of methoxy groups -OCH3 is 1. The first kappa shape index (κ1) is 22.5. The number of hydrogen-bond acceptors (Lipinski definition) is 6. The fourth-order valence-electron chi connectivity index (χ4n) is 4.36. The highest BCUT2D eigenvalue weighted by Crippen LogP contribution is 2.37. The second-order valence-electron chi connectivity index (χ2n) is 8.30. The zero-order valence-corrected chi connectivity index (χ0v) is 18.4. The lowest BCUT2D eigenvalue weighted by Crippen LogP contribution is -2.36. The van der Waals surface area contributed by atoms with Crippen LogP contribution in [0.15, 0.2) is 48.5 Å². The molecule has 0 aromatic heterocycles. The Morgan fingerprint density at radius 2 is 1.55 bits per heavy atom. The maximum atomic E-state index is 12.5. The molecule has 2 aromatic carbocycles. The molecule has 8 heteroatoms. The van der Waals surface area contributed by atoms with Crippen LogP contribution in [0, 0.1) is 11.8 Å². The summed E-state index contributed by atoms with van der Waals surface area (Å²) in [5, 5.41) is 2.80. The minimum absolute atomic E-state index is 0.0116. The molecule has 2 atom stereocenters. The molecular weight excluding hydrogens is 424 g/mol. The van der Waals surface area contributed by atoms with Crippen LogP contribution < -0.4 is 10.1 Å². The number of rotatable bonds is 7.